The number of rotatable bonds is 4. The predicted molar refractivity (Wildman–Crippen MR) is 80.8 cm³/mol. The second kappa shape index (κ2) is 7.50. The molecule has 9 heteroatoms. The van der Waals surface area contributed by atoms with Crippen LogP contribution in [0, 0.1) is 0 Å². The van der Waals surface area contributed by atoms with Gasteiger partial charge in [-0.15, -0.1) is 10.2 Å². The van der Waals surface area contributed by atoms with Crippen LogP contribution in [0.1, 0.15) is 25.8 Å². The lowest BCUT2D eigenvalue weighted by atomic mass is 10.2. The molecule has 122 valence electrons. The fraction of sp³-hybridized carbons (Fsp3) is 0.692. The quantitative estimate of drug-likeness (QED) is 0.837. The van der Waals surface area contributed by atoms with Crippen LogP contribution in [0.15, 0.2) is 0 Å². The average molecular weight is 328 g/mol. The summed E-state index contributed by atoms with van der Waals surface area (Å²) in [5, 5.41) is 11.3. The second-order valence-corrected chi connectivity index (χ2v) is 6.14. The number of aromatic nitrogens is 2. The summed E-state index contributed by atoms with van der Waals surface area (Å²) in [6, 6.07) is -0.235. The third-order valence-electron chi connectivity index (χ3n) is 2.99. The Bertz CT molecular complexity index is 526. The molecule has 0 spiro atoms. The second-order valence-electron chi connectivity index (χ2n) is 5.08. The van der Waals surface area contributed by atoms with Gasteiger partial charge in [0.15, 0.2) is 0 Å². The zero-order valence-electron chi connectivity index (χ0n) is 12.9. The van der Waals surface area contributed by atoms with E-state index >= 15 is 0 Å². The molecule has 0 aliphatic carbocycles. The maximum absolute atomic E-state index is 12.2. The number of nitrogens with zero attached hydrogens (tertiary/aromatic N) is 3. The fourth-order valence-corrected chi connectivity index (χ4v) is 2.94. The Morgan fingerprint density at radius 1 is 1.36 bits per heavy atom. The van der Waals surface area contributed by atoms with E-state index in [0.29, 0.717) is 29.8 Å². The molecule has 1 N–H and O–H groups in total. The van der Waals surface area contributed by atoms with Crippen LogP contribution in [-0.2, 0) is 20.7 Å². The molecule has 0 saturated carbocycles. The van der Waals surface area contributed by atoms with Gasteiger partial charge < -0.3 is 14.4 Å². The van der Waals surface area contributed by atoms with Crippen molar-refractivity contribution in [2.24, 2.45) is 0 Å². The van der Waals surface area contributed by atoms with Crippen LogP contribution < -0.4 is 5.32 Å². The number of carbonyl (C=O) groups excluding carboxylic acids is 2. The van der Waals surface area contributed by atoms with Crippen molar-refractivity contribution in [1.29, 1.82) is 0 Å². The molecule has 8 nitrogen and oxygen atoms in total. The minimum absolute atomic E-state index is 0.00305. The van der Waals surface area contributed by atoms with Gasteiger partial charge in [-0.25, -0.2) is 4.79 Å². The first-order chi connectivity index (χ1) is 10.5. The molecule has 0 radical (unpaired) electrons. The van der Waals surface area contributed by atoms with E-state index in [1.807, 2.05) is 13.8 Å². The summed E-state index contributed by atoms with van der Waals surface area (Å²) in [4.78, 5) is 25.3. The molecule has 1 saturated heterocycles. The standard InChI is InChI=1S/C13H20N4O4S/c1-4-20-11(18)5-10-15-16-12(22-10)14-13(19)17-6-8(2)21-9(3)7-17/h8-9H,4-7H2,1-3H3,(H,14,16,19)/t8-,9+. The van der Waals surface area contributed by atoms with E-state index in [9.17, 15) is 9.59 Å². The zero-order valence-corrected chi connectivity index (χ0v) is 13.7. The fourth-order valence-electron chi connectivity index (χ4n) is 2.23. The number of hydrogen-bond donors (Lipinski definition) is 1. The molecule has 1 aliphatic rings. The molecule has 1 fully saturated rings. The monoisotopic (exact) mass is 328 g/mol. The zero-order chi connectivity index (χ0) is 16.1. The van der Waals surface area contributed by atoms with Gasteiger partial charge in [0.05, 0.1) is 25.2 Å². The molecule has 1 aliphatic heterocycles. The van der Waals surface area contributed by atoms with Crippen molar-refractivity contribution in [3.63, 3.8) is 0 Å². The van der Waals surface area contributed by atoms with Gasteiger partial charge in [0.2, 0.25) is 5.13 Å². The minimum atomic E-state index is -0.354. The Kier molecular flexibility index (Phi) is 5.67. The van der Waals surface area contributed by atoms with Gasteiger partial charge in [-0.05, 0) is 20.8 Å². The molecule has 2 atom stereocenters. The summed E-state index contributed by atoms with van der Waals surface area (Å²) < 4.78 is 10.4. The van der Waals surface area contributed by atoms with Crippen LogP contribution in [0.3, 0.4) is 0 Å². The van der Waals surface area contributed by atoms with Crippen molar-refractivity contribution in [3.8, 4) is 0 Å². The van der Waals surface area contributed by atoms with Gasteiger partial charge in [0.1, 0.15) is 5.01 Å². The lowest BCUT2D eigenvalue weighted by Crippen LogP contribution is -2.49. The highest BCUT2D eigenvalue weighted by Gasteiger charge is 2.26. The van der Waals surface area contributed by atoms with E-state index in [0.717, 1.165) is 0 Å². The number of anilines is 1. The van der Waals surface area contributed by atoms with Crippen LogP contribution in [0.2, 0.25) is 0 Å². The summed E-state index contributed by atoms with van der Waals surface area (Å²) >= 11 is 1.17. The number of hydrogen-bond acceptors (Lipinski definition) is 7. The molecule has 0 bridgehead atoms. The number of morpholine rings is 1. The van der Waals surface area contributed by atoms with Crippen molar-refractivity contribution < 1.29 is 19.1 Å². The molecule has 2 heterocycles. The van der Waals surface area contributed by atoms with E-state index in [2.05, 4.69) is 15.5 Å². The summed E-state index contributed by atoms with van der Waals surface area (Å²) in [5.41, 5.74) is 0. The van der Waals surface area contributed by atoms with Crippen molar-refractivity contribution in [2.75, 3.05) is 25.0 Å². The minimum Gasteiger partial charge on any atom is -0.466 e. The maximum atomic E-state index is 12.2. The van der Waals surface area contributed by atoms with Crippen LogP contribution >= 0.6 is 11.3 Å². The smallest absolute Gasteiger partial charge is 0.323 e. The molecule has 2 amide bonds. The van der Waals surface area contributed by atoms with Gasteiger partial charge in [-0.1, -0.05) is 11.3 Å². The molecule has 0 unspecified atom stereocenters. The summed E-state index contributed by atoms with van der Waals surface area (Å²) in [6.45, 7) is 6.99. The van der Waals surface area contributed by atoms with Gasteiger partial charge in [0, 0.05) is 13.1 Å². The lowest BCUT2D eigenvalue weighted by molar-refractivity contribution is -0.142. The topological polar surface area (TPSA) is 93.7 Å². The van der Waals surface area contributed by atoms with E-state index in [-0.39, 0.29) is 30.6 Å². The summed E-state index contributed by atoms with van der Waals surface area (Å²) in [7, 11) is 0. The van der Waals surface area contributed by atoms with Crippen LogP contribution in [0.25, 0.3) is 0 Å². The van der Waals surface area contributed by atoms with Crippen LogP contribution in [-0.4, -0.2) is 59.0 Å². The number of ether oxygens (including phenoxy) is 2. The van der Waals surface area contributed by atoms with Crippen LogP contribution in [0.4, 0.5) is 9.93 Å². The highest BCUT2D eigenvalue weighted by molar-refractivity contribution is 7.15. The van der Waals surface area contributed by atoms with Crippen LogP contribution in [0.5, 0.6) is 0 Å². The lowest BCUT2D eigenvalue weighted by Gasteiger charge is -2.34. The Morgan fingerprint density at radius 2 is 2.05 bits per heavy atom. The van der Waals surface area contributed by atoms with E-state index in [1.165, 1.54) is 11.3 Å². The number of urea groups is 1. The summed E-state index contributed by atoms with van der Waals surface area (Å²) in [5.74, 6) is -0.354. The Balaban J connectivity index is 1.89. The number of carbonyl (C=O) groups is 2. The average Bonchev–Trinajstić information content (AvgIpc) is 2.85. The number of esters is 1. The third-order valence-corrected chi connectivity index (χ3v) is 3.83. The first kappa shape index (κ1) is 16.6. The molecule has 2 rings (SSSR count). The molecule has 22 heavy (non-hydrogen) atoms. The highest BCUT2D eigenvalue weighted by atomic mass is 32.1. The van der Waals surface area contributed by atoms with Gasteiger partial charge in [-0.2, -0.15) is 0 Å². The number of nitrogens with one attached hydrogen (secondary N) is 1. The van der Waals surface area contributed by atoms with E-state index < -0.39 is 0 Å². The Hall–Kier alpha value is -1.74. The van der Waals surface area contributed by atoms with Gasteiger partial charge in [-0.3, -0.25) is 10.1 Å². The molecular formula is C13H20N4O4S. The van der Waals surface area contributed by atoms with Crippen molar-refractivity contribution in [1.82, 2.24) is 15.1 Å². The Labute approximate surface area is 132 Å². The first-order valence-corrected chi connectivity index (χ1v) is 7.99. The maximum Gasteiger partial charge on any atom is 0.323 e. The number of amides is 2. The van der Waals surface area contributed by atoms with Gasteiger partial charge in [0.25, 0.3) is 0 Å². The van der Waals surface area contributed by atoms with Gasteiger partial charge >= 0.3 is 12.0 Å². The molecule has 0 aromatic carbocycles. The van der Waals surface area contributed by atoms with E-state index in [4.69, 9.17) is 9.47 Å². The molecule has 1 aromatic heterocycles. The van der Waals surface area contributed by atoms with E-state index in [1.54, 1.807) is 11.8 Å². The molecule has 1 aromatic rings. The Morgan fingerprint density at radius 3 is 2.68 bits per heavy atom. The summed E-state index contributed by atoms with van der Waals surface area (Å²) in [6.07, 6.45) is 0.0686. The predicted octanol–water partition coefficient (Wildman–Crippen LogP) is 1.28. The largest absolute Gasteiger partial charge is 0.466 e. The van der Waals surface area contributed by atoms with Crippen molar-refractivity contribution >= 4 is 28.5 Å². The first-order valence-electron chi connectivity index (χ1n) is 7.17. The van der Waals surface area contributed by atoms with Crippen molar-refractivity contribution in [3.05, 3.63) is 5.01 Å². The third kappa shape index (κ3) is 4.63. The SMILES string of the molecule is CCOC(=O)Cc1nnc(NC(=O)N2C[C@@H](C)O[C@@H](C)C2)s1. The normalized spacial score (nSPS) is 21.5. The highest BCUT2D eigenvalue weighted by Crippen LogP contribution is 2.18. The van der Waals surface area contributed by atoms with Crippen molar-refractivity contribution in [2.45, 2.75) is 39.4 Å². The molecular weight excluding hydrogens is 308 g/mol.